The quantitative estimate of drug-likeness (QED) is 0.209. The first-order chi connectivity index (χ1) is 14.9. The molecule has 0 heterocycles. The van der Waals surface area contributed by atoms with Gasteiger partial charge in [-0.05, 0) is 38.9 Å². The number of rotatable bonds is 21. The Labute approximate surface area is 188 Å². The van der Waals surface area contributed by atoms with Crippen molar-refractivity contribution in [2.24, 2.45) is 0 Å². The zero-order valence-corrected chi connectivity index (χ0v) is 19.3. The van der Waals surface area contributed by atoms with Gasteiger partial charge in [0.2, 0.25) is 11.8 Å². The number of hydrogen-bond acceptors (Lipinski definition) is 8. The third-order valence-corrected chi connectivity index (χ3v) is 4.52. The maximum Gasteiger partial charge on any atom is 0.326 e. The number of hydrogen-bond donors (Lipinski definition) is 3. The number of carbonyl (C=O) groups excluding carboxylic acids is 3. The van der Waals surface area contributed by atoms with Crippen molar-refractivity contribution in [2.45, 2.75) is 45.1 Å². The molecule has 2 amide bonds. The van der Waals surface area contributed by atoms with Gasteiger partial charge in [-0.1, -0.05) is 0 Å². The van der Waals surface area contributed by atoms with E-state index in [1.54, 1.807) is 0 Å². The zero-order valence-electron chi connectivity index (χ0n) is 18.5. The second-order valence-corrected chi connectivity index (χ2v) is 7.55. The lowest BCUT2D eigenvalue weighted by atomic mass is 10.1. The van der Waals surface area contributed by atoms with Gasteiger partial charge in [-0.25, -0.2) is 4.79 Å². The van der Waals surface area contributed by atoms with Crippen molar-refractivity contribution in [2.75, 3.05) is 58.2 Å². The van der Waals surface area contributed by atoms with Crippen molar-refractivity contribution in [3.8, 4) is 0 Å². The number of carbonyl (C=O) groups is 4. The second-order valence-electron chi connectivity index (χ2n) is 6.68. The van der Waals surface area contributed by atoms with Crippen molar-refractivity contribution < 1.29 is 38.5 Å². The molecule has 31 heavy (non-hydrogen) atoms. The smallest absolute Gasteiger partial charge is 0.326 e. The van der Waals surface area contributed by atoms with Crippen molar-refractivity contribution >= 4 is 35.3 Å². The summed E-state index contributed by atoms with van der Waals surface area (Å²) in [5.41, 5.74) is 0. The van der Waals surface area contributed by atoms with Crippen LogP contribution in [-0.2, 0) is 33.4 Å². The van der Waals surface area contributed by atoms with E-state index in [0.717, 1.165) is 0 Å². The summed E-state index contributed by atoms with van der Waals surface area (Å²) in [7, 11) is 0. The summed E-state index contributed by atoms with van der Waals surface area (Å²) < 4.78 is 15.5. The Morgan fingerprint density at radius 3 is 2.35 bits per heavy atom. The number of amides is 2. The number of ether oxygens (including phenoxy) is 3. The first kappa shape index (κ1) is 29.3. The minimum atomic E-state index is -1.11. The van der Waals surface area contributed by atoms with Crippen LogP contribution >= 0.6 is 11.8 Å². The summed E-state index contributed by atoms with van der Waals surface area (Å²) in [6.45, 7) is 3.56. The van der Waals surface area contributed by atoms with Crippen LogP contribution in [0.15, 0.2) is 0 Å². The van der Waals surface area contributed by atoms with Crippen LogP contribution < -0.4 is 10.6 Å². The molecular formula is C20H36N2O8S. The van der Waals surface area contributed by atoms with Crippen LogP contribution in [0, 0.1) is 0 Å². The van der Waals surface area contributed by atoms with Gasteiger partial charge in [-0.15, -0.1) is 0 Å². The van der Waals surface area contributed by atoms with Gasteiger partial charge in [-0.2, -0.15) is 11.8 Å². The van der Waals surface area contributed by atoms with E-state index >= 15 is 0 Å². The molecule has 0 aliphatic heterocycles. The standard InChI is InChI=1S/C20H36N2O8S/c1-3-28-13-16(23)7-6-10-29-11-12-30-14-18(24)22-17(20(26)27)8-4-5-9-21-19(25)15-31-2/h17H,3-15H2,1-2H3,(H,21,25)(H,22,24)(H,26,27). The van der Waals surface area contributed by atoms with Crippen molar-refractivity contribution in [3.63, 3.8) is 0 Å². The number of ketones is 1. The molecule has 0 spiro atoms. The van der Waals surface area contributed by atoms with Crippen LogP contribution in [0.4, 0.5) is 0 Å². The molecule has 0 fully saturated rings. The largest absolute Gasteiger partial charge is 0.480 e. The van der Waals surface area contributed by atoms with Gasteiger partial charge in [0.1, 0.15) is 19.3 Å². The number of unbranched alkanes of at least 4 members (excludes halogenated alkanes) is 1. The summed E-state index contributed by atoms with van der Waals surface area (Å²) in [6, 6.07) is -0.997. The predicted octanol–water partition coefficient (Wildman–Crippen LogP) is 0.624. The number of carboxylic acid groups (broad SMARTS) is 1. The van der Waals surface area contributed by atoms with E-state index in [9.17, 15) is 24.3 Å². The molecule has 180 valence electrons. The Morgan fingerprint density at radius 1 is 0.935 bits per heavy atom. The first-order valence-electron chi connectivity index (χ1n) is 10.4. The number of nitrogens with one attached hydrogen (secondary N) is 2. The summed E-state index contributed by atoms with van der Waals surface area (Å²) >= 11 is 1.43. The first-order valence-corrected chi connectivity index (χ1v) is 11.8. The fraction of sp³-hybridized carbons (Fsp3) is 0.800. The highest BCUT2D eigenvalue weighted by molar-refractivity contribution is 7.99. The molecule has 0 saturated heterocycles. The van der Waals surface area contributed by atoms with Gasteiger partial charge in [0.25, 0.3) is 0 Å². The lowest BCUT2D eigenvalue weighted by Gasteiger charge is -2.14. The molecule has 0 aromatic carbocycles. The molecule has 0 aliphatic carbocycles. The zero-order chi connectivity index (χ0) is 23.3. The van der Waals surface area contributed by atoms with E-state index in [1.807, 2.05) is 13.2 Å². The molecule has 10 nitrogen and oxygen atoms in total. The summed E-state index contributed by atoms with van der Waals surface area (Å²) in [5.74, 6) is -1.24. The maximum absolute atomic E-state index is 11.9. The Bertz CT molecular complexity index is 533. The van der Waals surface area contributed by atoms with Gasteiger partial charge in [0.15, 0.2) is 5.78 Å². The van der Waals surface area contributed by atoms with E-state index in [-0.39, 0.29) is 44.5 Å². The molecule has 0 radical (unpaired) electrons. The Balaban J connectivity index is 3.76. The topological polar surface area (TPSA) is 140 Å². The van der Waals surface area contributed by atoms with Crippen LogP contribution in [0.25, 0.3) is 0 Å². The van der Waals surface area contributed by atoms with Crippen LogP contribution in [0.2, 0.25) is 0 Å². The van der Waals surface area contributed by atoms with Crippen molar-refractivity contribution in [1.29, 1.82) is 0 Å². The highest BCUT2D eigenvalue weighted by Gasteiger charge is 2.19. The molecule has 1 atom stereocenters. The summed E-state index contributed by atoms with van der Waals surface area (Å²) in [6.07, 6.45) is 4.28. The van der Waals surface area contributed by atoms with Gasteiger partial charge >= 0.3 is 5.97 Å². The van der Waals surface area contributed by atoms with Crippen LogP contribution in [0.3, 0.4) is 0 Å². The predicted molar refractivity (Wildman–Crippen MR) is 117 cm³/mol. The van der Waals surface area contributed by atoms with Crippen molar-refractivity contribution in [1.82, 2.24) is 10.6 Å². The monoisotopic (exact) mass is 464 g/mol. The molecule has 0 bridgehead atoms. The number of carboxylic acids is 1. The van der Waals surface area contributed by atoms with Gasteiger partial charge in [-0.3, -0.25) is 14.4 Å². The average molecular weight is 465 g/mol. The molecule has 11 heteroatoms. The van der Waals surface area contributed by atoms with Crippen LogP contribution in [-0.4, -0.2) is 92.9 Å². The third-order valence-electron chi connectivity index (χ3n) is 3.97. The van der Waals surface area contributed by atoms with Crippen LogP contribution in [0.5, 0.6) is 0 Å². The van der Waals surface area contributed by atoms with E-state index < -0.39 is 17.9 Å². The molecule has 0 aromatic rings. The molecule has 1 unspecified atom stereocenters. The minimum Gasteiger partial charge on any atom is -0.480 e. The highest BCUT2D eigenvalue weighted by atomic mass is 32.2. The maximum atomic E-state index is 11.9. The molecule has 0 aliphatic rings. The average Bonchev–Trinajstić information content (AvgIpc) is 2.73. The summed E-state index contributed by atoms with van der Waals surface area (Å²) in [5, 5.41) is 14.4. The molecule has 3 N–H and O–H groups in total. The fourth-order valence-corrected chi connectivity index (χ4v) is 2.79. The lowest BCUT2D eigenvalue weighted by Crippen LogP contribution is -2.42. The summed E-state index contributed by atoms with van der Waals surface area (Å²) in [4.78, 5) is 45.9. The van der Waals surface area contributed by atoms with Gasteiger partial charge in [0, 0.05) is 26.2 Å². The number of Topliss-reactive ketones (excluding diaryl/α,β-unsaturated/α-hetero) is 1. The Morgan fingerprint density at radius 2 is 1.68 bits per heavy atom. The normalized spacial score (nSPS) is 11.7. The van der Waals surface area contributed by atoms with Crippen molar-refractivity contribution in [3.05, 3.63) is 0 Å². The second kappa shape index (κ2) is 20.2. The van der Waals surface area contributed by atoms with E-state index in [0.29, 0.717) is 51.2 Å². The third kappa shape index (κ3) is 18.8. The lowest BCUT2D eigenvalue weighted by molar-refractivity contribution is -0.142. The highest BCUT2D eigenvalue weighted by Crippen LogP contribution is 2.02. The minimum absolute atomic E-state index is 0.0340. The van der Waals surface area contributed by atoms with Crippen LogP contribution in [0.1, 0.15) is 39.0 Å². The Hall–Kier alpha value is -1.69. The van der Waals surface area contributed by atoms with E-state index in [2.05, 4.69) is 10.6 Å². The SMILES string of the molecule is CCOCC(=O)CCCOCCOCC(=O)NC(CCCCNC(=O)CSC)C(=O)O. The molecule has 0 rings (SSSR count). The molecule has 0 saturated carbocycles. The number of aliphatic carboxylic acids is 1. The Kier molecular flexibility index (Phi) is 19.1. The van der Waals surface area contributed by atoms with Gasteiger partial charge in [0.05, 0.1) is 19.0 Å². The number of thioether (sulfide) groups is 1. The molecule has 0 aromatic heterocycles. The van der Waals surface area contributed by atoms with Gasteiger partial charge < -0.3 is 30.0 Å². The van der Waals surface area contributed by atoms with E-state index in [4.69, 9.17) is 14.2 Å². The fourth-order valence-electron chi connectivity index (χ4n) is 2.42. The molecular weight excluding hydrogens is 428 g/mol. The van der Waals surface area contributed by atoms with E-state index in [1.165, 1.54) is 11.8 Å².